The predicted octanol–water partition coefficient (Wildman–Crippen LogP) is 3.39. The number of anilines is 1. The summed E-state index contributed by atoms with van der Waals surface area (Å²) in [7, 11) is 0. The van der Waals surface area contributed by atoms with E-state index in [1.54, 1.807) is 12.1 Å². The molecule has 2 rings (SSSR count). The van der Waals surface area contributed by atoms with Crippen molar-refractivity contribution in [1.29, 1.82) is 0 Å². The molecule has 0 bridgehead atoms. The van der Waals surface area contributed by atoms with E-state index in [9.17, 15) is 4.79 Å². The fraction of sp³-hybridized carbons (Fsp3) is 0.368. The number of unbranched alkanes of at least 4 members (excludes halogenated alkanes) is 1. The number of guanidine groups is 1. The number of hydrogen-bond acceptors (Lipinski definition) is 3. The molecule has 0 aliphatic heterocycles. The number of nitrogens with zero attached hydrogens (tertiary/aromatic N) is 1. The molecule has 1 amide bonds. The van der Waals surface area contributed by atoms with Gasteiger partial charge in [0.2, 0.25) is 0 Å². The molecular weight excluding hydrogens is 316 g/mol. The summed E-state index contributed by atoms with van der Waals surface area (Å²) in [6.45, 7) is 6.54. The van der Waals surface area contributed by atoms with Crippen molar-refractivity contribution in [3.05, 3.63) is 54.0 Å². The molecule has 0 spiro atoms. The summed E-state index contributed by atoms with van der Waals surface area (Å²) in [6, 6.07) is 11.0. The van der Waals surface area contributed by atoms with Crippen molar-refractivity contribution in [3.63, 3.8) is 0 Å². The lowest BCUT2D eigenvalue weighted by molar-refractivity contribution is 0.0996. The van der Waals surface area contributed by atoms with Crippen LogP contribution in [-0.2, 0) is 6.54 Å². The highest BCUT2D eigenvalue weighted by Gasteiger charge is 2.08. The minimum Gasteiger partial charge on any atom is -0.459 e. The van der Waals surface area contributed by atoms with Gasteiger partial charge in [0, 0.05) is 18.8 Å². The summed E-state index contributed by atoms with van der Waals surface area (Å²) in [4.78, 5) is 16.5. The van der Waals surface area contributed by atoms with Crippen molar-refractivity contribution >= 4 is 17.6 Å². The van der Waals surface area contributed by atoms with Gasteiger partial charge < -0.3 is 20.4 Å². The van der Waals surface area contributed by atoms with Gasteiger partial charge in [0.1, 0.15) is 0 Å². The molecule has 0 aliphatic rings. The normalized spacial score (nSPS) is 11.2. The van der Waals surface area contributed by atoms with Crippen LogP contribution >= 0.6 is 0 Å². The molecule has 0 radical (unpaired) electrons. The van der Waals surface area contributed by atoms with E-state index in [2.05, 4.69) is 27.9 Å². The van der Waals surface area contributed by atoms with Crippen molar-refractivity contribution in [1.82, 2.24) is 10.6 Å². The van der Waals surface area contributed by atoms with E-state index in [0.29, 0.717) is 12.3 Å². The maximum Gasteiger partial charge on any atom is 0.291 e. The molecule has 1 aromatic heterocycles. The Morgan fingerprint density at radius 2 is 1.92 bits per heavy atom. The summed E-state index contributed by atoms with van der Waals surface area (Å²) in [5.41, 5.74) is 1.80. The zero-order valence-electron chi connectivity index (χ0n) is 14.8. The number of furan rings is 1. The van der Waals surface area contributed by atoms with Gasteiger partial charge in [0.05, 0.1) is 12.8 Å². The molecule has 3 N–H and O–H groups in total. The van der Waals surface area contributed by atoms with Crippen LogP contribution in [0.25, 0.3) is 0 Å². The zero-order valence-corrected chi connectivity index (χ0v) is 14.8. The second-order valence-corrected chi connectivity index (χ2v) is 5.60. The van der Waals surface area contributed by atoms with Crippen LogP contribution < -0.4 is 16.0 Å². The van der Waals surface area contributed by atoms with E-state index < -0.39 is 0 Å². The van der Waals surface area contributed by atoms with Crippen LogP contribution in [0.1, 0.15) is 42.8 Å². The van der Waals surface area contributed by atoms with Gasteiger partial charge in [-0.2, -0.15) is 0 Å². The number of aliphatic imine (C=N–C) groups is 1. The number of carbonyl (C=O) groups is 1. The highest BCUT2D eigenvalue weighted by Crippen LogP contribution is 2.12. The third kappa shape index (κ3) is 6.33. The summed E-state index contributed by atoms with van der Waals surface area (Å²) in [6.07, 6.45) is 3.75. The van der Waals surface area contributed by atoms with Crippen LogP contribution in [0.5, 0.6) is 0 Å². The Balaban J connectivity index is 1.89. The van der Waals surface area contributed by atoms with Gasteiger partial charge in [-0.05, 0) is 43.2 Å². The number of rotatable bonds is 8. The van der Waals surface area contributed by atoms with Gasteiger partial charge in [0.25, 0.3) is 5.91 Å². The first kappa shape index (κ1) is 18.6. The van der Waals surface area contributed by atoms with E-state index in [1.165, 1.54) is 6.26 Å². The third-order valence-electron chi connectivity index (χ3n) is 3.54. The highest BCUT2D eigenvalue weighted by atomic mass is 16.3. The second kappa shape index (κ2) is 10.2. The summed E-state index contributed by atoms with van der Waals surface area (Å²) in [5.74, 6) is 0.860. The minimum atomic E-state index is -0.259. The van der Waals surface area contributed by atoms with E-state index in [4.69, 9.17) is 4.42 Å². The smallest absolute Gasteiger partial charge is 0.291 e. The predicted molar refractivity (Wildman–Crippen MR) is 101 cm³/mol. The number of nitrogens with one attached hydrogen (secondary N) is 3. The van der Waals surface area contributed by atoms with Crippen molar-refractivity contribution in [2.45, 2.75) is 33.2 Å². The SMILES string of the molecule is CCCCNC(=NCc1ccc(NC(=O)c2ccco2)cc1)NCC. The molecule has 0 atom stereocenters. The fourth-order valence-electron chi connectivity index (χ4n) is 2.19. The van der Waals surface area contributed by atoms with E-state index in [1.807, 2.05) is 31.2 Å². The molecular formula is C19H26N4O2. The van der Waals surface area contributed by atoms with Crippen LogP contribution in [-0.4, -0.2) is 25.0 Å². The lowest BCUT2D eigenvalue weighted by atomic mass is 10.2. The Kier molecular flexibility index (Phi) is 7.56. The first-order chi connectivity index (χ1) is 12.2. The van der Waals surface area contributed by atoms with Gasteiger partial charge in [-0.15, -0.1) is 0 Å². The lowest BCUT2D eigenvalue weighted by Crippen LogP contribution is -2.37. The van der Waals surface area contributed by atoms with Crippen molar-refractivity contribution < 1.29 is 9.21 Å². The Hall–Kier alpha value is -2.76. The van der Waals surface area contributed by atoms with E-state index in [-0.39, 0.29) is 5.91 Å². The highest BCUT2D eigenvalue weighted by molar-refractivity contribution is 6.02. The molecule has 0 saturated carbocycles. The van der Waals surface area contributed by atoms with Crippen molar-refractivity contribution in [3.8, 4) is 0 Å². The lowest BCUT2D eigenvalue weighted by Gasteiger charge is -2.11. The minimum absolute atomic E-state index is 0.259. The van der Waals surface area contributed by atoms with Gasteiger partial charge in [-0.3, -0.25) is 4.79 Å². The molecule has 0 unspecified atom stereocenters. The summed E-state index contributed by atoms with van der Waals surface area (Å²) in [5, 5.41) is 9.35. The van der Waals surface area contributed by atoms with Crippen LogP contribution in [0.3, 0.4) is 0 Å². The number of hydrogen-bond donors (Lipinski definition) is 3. The number of benzene rings is 1. The first-order valence-corrected chi connectivity index (χ1v) is 8.69. The quantitative estimate of drug-likeness (QED) is 0.390. The first-order valence-electron chi connectivity index (χ1n) is 8.69. The van der Waals surface area contributed by atoms with Crippen LogP contribution in [0.2, 0.25) is 0 Å². The average Bonchev–Trinajstić information content (AvgIpc) is 3.16. The fourth-order valence-corrected chi connectivity index (χ4v) is 2.19. The monoisotopic (exact) mass is 342 g/mol. The average molecular weight is 342 g/mol. The molecule has 6 heteroatoms. The van der Waals surface area contributed by atoms with Crippen LogP contribution in [0.15, 0.2) is 52.1 Å². The topological polar surface area (TPSA) is 78.7 Å². The Morgan fingerprint density at radius 1 is 1.12 bits per heavy atom. The van der Waals surface area contributed by atoms with Gasteiger partial charge in [-0.1, -0.05) is 25.5 Å². The maximum atomic E-state index is 11.9. The molecule has 0 fully saturated rings. The van der Waals surface area contributed by atoms with Crippen molar-refractivity contribution in [2.75, 3.05) is 18.4 Å². The second-order valence-electron chi connectivity index (χ2n) is 5.60. The molecule has 0 aliphatic carbocycles. The largest absolute Gasteiger partial charge is 0.459 e. The molecule has 1 heterocycles. The molecule has 6 nitrogen and oxygen atoms in total. The Morgan fingerprint density at radius 3 is 2.56 bits per heavy atom. The Bertz CT molecular complexity index is 663. The molecule has 2 aromatic rings. The number of carbonyl (C=O) groups excluding carboxylic acids is 1. The number of amides is 1. The molecule has 134 valence electrons. The van der Waals surface area contributed by atoms with E-state index in [0.717, 1.165) is 43.1 Å². The van der Waals surface area contributed by atoms with Crippen LogP contribution in [0, 0.1) is 0 Å². The molecule has 0 saturated heterocycles. The summed E-state index contributed by atoms with van der Waals surface area (Å²) < 4.78 is 5.08. The maximum absolute atomic E-state index is 11.9. The Labute approximate surface area is 148 Å². The van der Waals surface area contributed by atoms with Crippen LogP contribution in [0.4, 0.5) is 5.69 Å². The van der Waals surface area contributed by atoms with Gasteiger partial charge >= 0.3 is 0 Å². The zero-order chi connectivity index (χ0) is 17.9. The van der Waals surface area contributed by atoms with Gasteiger partial charge in [0.15, 0.2) is 11.7 Å². The van der Waals surface area contributed by atoms with E-state index >= 15 is 0 Å². The third-order valence-corrected chi connectivity index (χ3v) is 3.54. The summed E-state index contributed by atoms with van der Waals surface area (Å²) >= 11 is 0. The molecule has 25 heavy (non-hydrogen) atoms. The van der Waals surface area contributed by atoms with Gasteiger partial charge in [-0.25, -0.2) is 4.99 Å². The van der Waals surface area contributed by atoms with Crippen molar-refractivity contribution in [2.24, 2.45) is 4.99 Å². The molecule has 1 aromatic carbocycles. The standard InChI is InChI=1S/C19H26N4O2/c1-3-5-12-21-19(20-4-2)22-14-15-8-10-16(11-9-15)23-18(24)17-7-6-13-25-17/h6-11,13H,3-5,12,14H2,1-2H3,(H,23,24)(H2,20,21,22).